The van der Waals surface area contributed by atoms with Crippen LogP contribution in [0.5, 0.6) is 11.9 Å². The summed E-state index contributed by atoms with van der Waals surface area (Å²) < 4.78 is 57.6. The second-order valence-electron chi connectivity index (χ2n) is 11.8. The summed E-state index contributed by atoms with van der Waals surface area (Å²) in [5, 5.41) is 1.09. The third-order valence-electron chi connectivity index (χ3n) is 7.75. The lowest BCUT2D eigenvalue weighted by molar-refractivity contribution is 0.102. The summed E-state index contributed by atoms with van der Waals surface area (Å²) in [6, 6.07) is 5.83. The van der Waals surface area contributed by atoms with E-state index in [1.165, 1.54) is 24.4 Å². The van der Waals surface area contributed by atoms with Crippen LogP contribution in [0, 0.1) is 24.0 Å². The highest BCUT2D eigenvalue weighted by atomic mass is 19.1. The molecule has 0 bridgehead atoms. The fourth-order valence-electron chi connectivity index (χ4n) is 6.07. The van der Waals surface area contributed by atoms with Gasteiger partial charge in [-0.2, -0.15) is 9.97 Å². The molecule has 10 heteroatoms. The highest BCUT2D eigenvalue weighted by Gasteiger charge is 2.49. The smallest absolute Gasteiger partial charge is 0.320 e. The molecule has 0 unspecified atom stereocenters. The third kappa shape index (κ3) is 4.78. The number of rotatable bonds is 5. The van der Waals surface area contributed by atoms with Gasteiger partial charge in [-0.15, -0.1) is 6.42 Å². The fraction of sp³-hybridized carbons (Fsp3) is 0.387. The number of anilines is 1. The van der Waals surface area contributed by atoms with Crippen LogP contribution in [0.3, 0.4) is 0 Å². The number of benzene rings is 2. The van der Waals surface area contributed by atoms with E-state index >= 15 is 4.39 Å². The first-order chi connectivity index (χ1) is 19.5. The molecule has 4 heterocycles. The molecule has 6 rings (SSSR count). The van der Waals surface area contributed by atoms with Gasteiger partial charge < -0.3 is 15.2 Å². The van der Waals surface area contributed by atoms with Gasteiger partial charge in [0.25, 0.3) is 0 Å². The molecule has 4 aromatic rings. The molecule has 0 saturated carbocycles. The van der Waals surface area contributed by atoms with Crippen molar-refractivity contribution in [3.8, 4) is 35.5 Å². The van der Waals surface area contributed by atoms with E-state index in [2.05, 4.69) is 25.8 Å². The highest BCUT2D eigenvalue weighted by molar-refractivity contribution is 6.03. The minimum atomic E-state index is -0.923. The topological polar surface area (TPSA) is 86.4 Å². The van der Waals surface area contributed by atoms with Gasteiger partial charge in [-0.1, -0.05) is 12.0 Å². The van der Waals surface area contributed by atoms with E-state index in [-0.39, 0.29) is 46.2 Å². The Morgan fingerprint density at radius 3 is 2.78 bits per heavy atom. The molecule has 0 spiro atoms. The first-order valence-corrected chi connectivity index (χ1v) is 13.5. The van der Waals surface area contributed by atoms with E-state index < -0.39 is 28.9 Å². The van der Waals surface area contributed by atoms with Crippen LogP contribution < -0.4 is 15.2 Å². The molecule has 212 valence electrons. The fourth-order valence-corrected chi connectivity index (χ4v) is 6.07. The van der Waals surface area contributed by atoms with Gasteiger partial charge in [0.05, 0.1) is 16.5 Å². The number of fused-ring (bicyclic) bond motifs is 3. The predicted molar refractivity (Wildman–Crippen MR) is 151 cm³/mol. The van der Waals surface area contributed by atoms with Crippen molar-refractivity contribution in [3.05, 3.63) is 47.7 Å². The van der Waals surface area contributed by atoms with Crippen molar-refractivity contribution in [3.63, 3.8) is 0 Å². The van der Waals surface area contributed by atoms with Crippen LogP contribution in [0.15, 0.2) is 30.5 Å². The number of pyridine rings is 1. The number of nitrogen functional groups attached to an aromatic ring is 1. The lowest BCUT2D eigenvalue weighted by Gasteiger charge is -2.31. The molecular formula is C31H30F3N5O2. The normalized spacial score (nSPS) is 20.9. The third-order valence-corrected chi connectivity index (χ3v) is 7.75. The van der Waals surface area contributed by atoms with Crippen LogP contribution >= 0.6 is 0 Å². The van der Waals surface area contributed by atoms with Crippen molar-refractivity contribution in [2.75, 3.05) is 25.4 Å². The second kappa shape index (κ2) is 9.77. The average Bonchev–Trinajstić information content (AvgIpc) is 3.42. The molecule has 2 saturated heterocycles. The molecule has 0 aliphatic carbocycles. The summed E-state index contributed by atoms with van der Waals surface area (Å²) in [5.74, 6) is 1.06. The number of terminal acetylenes is 1. The van der Waals surface area contributed by atoms with Crippen molar-refractivity contribution in [1.29, 1.82) is 0 Å². The van der Waals surface area contributed by atoms with Crippen LogP contribution in [0.25, 0.3) is 32.9 Å². The van der Waals surface area contributed by atoms with Crippen LogP contribution in [0.2, 0.25) is 0 Å². The highest BCUT2D eigenvalue weighted by Crippen LogP contribution is 2.41. The first-order valence-electron chi connectivity index (χ1n) is 13.5. The maximum Gasteiger partial charge on any atom is 0.320 e. The van der Waals surface area contributed by atoms with E-state index in [1.54, 1.807) is 6.07 Å². The maximum atomic E-state index is 16.4. The lowest BCUT2D eigenvalue weighted by atomic mass is 9.95. The Morgan fingerprint density at radius 2 is 2.02 bits per heavy atom. The van der Waals surface area contributed by atoms with Gasteiger partial charge in [-0.3, -0.25) is 9.88 Å². The zero-order chi connectivity index (χ0) is 29.1. The minimum Gasteiger partial charge on any atom is -0.471 e. The summed E-state index contributed by atoms with van der Waals surface area (Å²) in [4.78, 5) is 15.4. The van der Waals surface area contributed by atoms with Gasteiger partial charge in [-0.05, 0) is 63.7 Å². The van der Waals surface area contributed by atoms with Gasteiger partial charge in [0.15, 0.2) is 5.82 Å². The first kappa shape index (κ1) is 27.1. The molecule has 0 amide bonds. The molecular weight excluding hydrogens is 531 g/mol. The van der Waals surface area contributed by atoms with E-state index in [4.69, 9.17) is 21.6 Å². The number of halogens is 3. The molecule has 41 heavy (non-hydrogen) atoms. The van der Waals surface area contributed by atoms with Crippen LogP contribution in [-0.4, -0.2) is 56.9 Å². The predicted octanol–water partition coefficient (Wildman–Crippen LogP) is 5.82. The summed E-state index contributed by atoms with van der Waals surface area (Å²) in [7, 11) is 0. The Kier molecular flexibility index (Phi) is 6.46. The molecule has 7 nitrogen and oxygen atoms in total. The number of ether oxygens (including phenoxy) is 2. The minimum absolute atomic E-state index is 0.0228. The van der Waals surface area contributed by atoms with Crippen molar-refractivity contribution in [1.82, 2.24) is 19.9 Å². The zero-order valence-electron chi connectivity index (χ0n) is 23.1. The molecule has 2 N–H and O–H groups in total. The van der Waals surface area contributed by atoms with Crippen molar-refractivity contribution < 1.29 is 22.6 Å². The quantitative estimate of drug-likeness (QED) is 0.243. The van der Waals surface area contributed by atoms with E-state index in [0.717, 1.165) is 19.4 Å². The summed E-state index contributed by atoms with van der Waals surface area (Å²) in [6.07, 6.45) is 8.24. The Balaban J connectivity index is 1.50. The Labute approximate surface area is 235 Å². The summed E-state index contributed by atoms with van der Waals surface area (Å²) >= 11 is 0. The summed E-state index contributed by atoms with van der Waals surface area (Å²) in [6.45, 7) is 6.85. The molecule has 2 aliphatic rings. The molecule has 2 aromatic carbocycles. The van der Waals surface area contributed by atoms with Gasteiger partial charge in [0, 0.05) is 35.8 Å². The number of alkyl halides is 1. The SMILES string of the molecule is C#Cc1c(F)ccc2cc(N)cc(-c3ncc4c(OC(C)(C)C)nc(OC[C@@]56CCCN5C[C@H](F)C6)nc4c3F)c12. The number of nitrogens with zero attached hydrogens (tertiary/aromatic N) is 4. The lowest BCUT2D eigenvalue weighted by Crippen LogP contribution is -2.43. The largest absolute Gasteiger partial charge is 0.471 e. The number of aromatic nitrogens is 3. The number of nitrogens with two attached hydrogens (primary N) is 1. The summed E-state index contributed by atoms with van der Waals surface area (Å²) in [5.41, 5.74) is 5.34. The molecule has 2 aliphatic heterocycles. The monoisotopic (exact) mass is 561 g/mol. The Morgan fingerprint density at radius 1 is 1.22 bits per heavy atom. The van der Waals surface area contributed by atoms with Gasteiger partial charge in [0.1, 0.15) is 35.4 Å². The van der Waals surface area contributed by atoms with E-state index in [0.29, 0.717) is 29.4 Å². The average molecular weight is 562 g/mol. The maximum absolute atomic E-state index is 16.4. The Hall–Kier alpha value is -4.10. The van der Waals surface area contributed by atoms with Crippen molar-refractivity contribution >= 4 is 27.4 Å². The molecule has 0 radical (unpaired) electrons. The van der Waals surface area contributed by atoms with Crippen LogP contribution in [0.4, 0.5) is 18.9 Å². The zero-order valence-corrected chi connectivity index (χ0v) is 23.1. The Bertz CT molecular complexity index is 1730. The number of hydrogen-bond donors (Lipinski definition) is 1. The molecule has 2 atom stereocenters. The standard InChI is InChI=1S/C31H30F3N5O2/c1-5-20-23(33)8-7-17-11-19(35)12-21(24(17)20)26-25(34)27-22(14-36-26)28(41-30(2,3)4)38-29(37-27)40-16-31-9-6-10-39(31)15-18(32)13-31/h1,7-8,11-12,14,18H,6,9-10,13,15-16,35H2,2-4H3/t18-,31+/m1/s1. The molecule has 2 aromatic heterocycles. The second-order valence-corrected chi connectivity index (χ2v) is 11.8. The molecule has 2 fully saturated rings. The van der Waals surface area contributed by atoms with Crippen molar-refractivity contribution in [2.24, 2.45) is 0 Å². The van der Waals surface area contributed by atoms with Gasteiger partial charge >= 0.3 is 6.01 Å². The van der Waals surface area contributed by atoms with Crippen LogP contribution in [0.1, 0.15) is 45.6 Å². The van der Waals surface area contributed by atoms with Gasteiger partial charge in [-0.25, -0.2) is 13.2 Å². The van der Waals surface area contributed by atoms with E-state index in [1.807, 2.05) is 20.8 Å². The number of hydrogen-bond acceptors (Lipinski definition) is 7. The van der Waals surface area contributed by atoms with E-state index in [9.17, 15) is 8.78 Å². The van der Waals surface area contributed by atoms with Crippen molar-refractivity contribution in [2.45, 2.75) is 57.3 Å². The van der Waals surface area contributed by atoms with Gasteiger partial charge in [0.2, 0.25) is 5.88 Å². The van der Waals surface area contributed by atoms with Crippen LogP contribution in [-0.2, 0) is 0 Å².